The van der Waals surface area contributed by atoms with Gasteiger partial charge in [-0.25, -0.2) is 0 Å². The molecular formula is C22H37NO7. The van der Waals surface area contributed by atoms with Crippen LogP contribution in [0.2, 0.25) is 0 Å². The number of hydrogen-bond donors (Lipinski definition) is 0. The van der Waals surface area contributed by atoms with E-state index in [4.69, 9.17) is 18.9 Å². The number of carbonyl (C=O) groups excluding carboxylic acids is 3. The summed E-state index contributed by atoms with van der Waals surface area (Å²) in [6, 6.07) is 0. The van der Waals surface area contributed by atoms with Gasteiger partial charge in [-0.1, -0.05) is 45.4 Å². The molecule has 0 saturated heterocycles. The van der Waals surface area contributed by atoms with E-state index in [0.29, 0.717) is 39.5 Å². The third kappa shape index (κ3) is 13.5. The number of unbranched alkanes of at least 4 members (excludes halogenated alkanes) is 6. The Morgan fingerprint density at radius 3 is 1.83 bits per heavy atom. The summed E-state index contributed by atoms with van der Waals surface area (Å²) in [7, 11) is 0. The first-order valence-corrected chi connectivity index (χ1v) is 11.1. The second-order valence-electron chi connectivity index (χ2n) is 7.09. The second-order valence-corrected chi connectivity index (χ2v) is 7.09. The molecule has 0 unspecified atom stereocenters. The quantitative estimate of drug-likeness (QED) is 0.168. The molecule has 8 nitrogen and oxygen atoms in total. The molecule has 0 spiro atoms. The number of ether oxygens (including phenoxy) is 4. The zero-order valence-corrected chi connectivity index (χ0v) is 18.3. The minimum Gasteiger partial charge on any atom is -0.463 e. The lowest BCUT2D eigenvalue weighted by molar-refractivity contribution is -0.145. The lowest BCUT2D eigenvalue weighted by atomic mass is 10.1. The maximum absolute atomic E-state index is 11.6. The highest BCUT2D eigenvalue weighted by Gasteiger charge is 2.22. The molecule has 1 aliphatic rings. The molecule has 0 saturated carbocycles. The summed E-state index contributed by atoms with van der Waals surface area (Å²) in [4.78, 5) is 35.4. The van der Waals surface area contributed by atoms with E-state index in [2.05, 4.69) is 6.92 Å². The van der Waals surface area contributed by atoms with Gasteiger partial charge in [0.05, 0.1) is 46.2 Å². The first kappa shape index (κ1) is 26.3. The summed E-state index contributed by atoms with van der Waals surface area (Å²) < 4.78 is 21.2. The van der Waals surface area contributed by atoms with Crippen LogP contribution in [-0.2, 0) is 33.3 Å². The summed E-state index contributed by atoms with van der Waals surface area (Å²) in [5, 5.41) is 0. The van der Waals surface area contributed by atoms with Gasteiger partial charge in [-0.15, -0.1) is 0 Å². The van der Waals surface area contributed by atoms with Gasteiger partial charge in [0.2, 0.25) is 0 Å². The SMILES string of the molecule is CCCCCCCCCC(=O)OCCOCCOCCOCCN1C(=O)C=CC1=O. The highest BCUT2D eigenvalue weighted by Crippen LogP contribution is 2.08. The number of amides is 2. The van der Waals surface area contributed by atoms with Gasteiger partial charge in [0.1, 0.15) is 6.61 Å². The molecule has 0 aliphatic carbocycles. The Kier molecular flexibility index (Phi) is 15.8. The van der Waals surface area contributed by atoms with Gasteiger partial charge >= 0.3 is 5.97 Å². The van der Waals surface area contributed by atoms with Crippen molar-refractivity contribution in [3.8, 4) is 0 Å². The first-order valence-electron chi connectivity index (χ1n) is 11.1. The standard InChI is InChI=1S/C22H37NO7/c1-2-3-4-5-6-7-8-9-22(26)30-19-18-29-17-16-28-15-14-27-13-12-23-20(24)10-11-21(23)25/h10-11H,2-9,12-19H2,1H3. The molecule has 1 heterocycles. The second kappa shape index (κ2) is 18.0. The predicted molar refractivity (Wildman–Crippen MR) is 112 cm³/mol. The van der Waals surface area contributed by atoms with Crippen LogP contribution in [0.5, 0.6) is 0 Å². The average molecular weight is 428 g/mol. The van der Waals surface area contributed by atoms with Gasteiger partial charge in [-0.05, 0) is 6.42 Å². The molecule has 0 N–H and O–H groups in total. The Labute approximate surface area is 179 Å². The van der Waals surface area contributed by atoms with Crippen LogP contribution in [0.25, 0.3) is 0 Å². The number of imide groups is 1. The van der Waals surface area contributed by atoms with E-state index >= 15 is 0 Å². The molecule has 30 heavy (non-hydrogen) atoms. The van der Waals surface area contributed by atoms with Crippen LogP contribution in [0.15, 0.2) is 12.2 Å². The highest BCUT2D eigenvalue weighted by molar-refractivity contribution is 6.12. The Morgan fingerprint density at radius 1 is 0.733 bits per heavy atom. The van der Waals surface area contributed by atoms with Crippen LogP contribution in [0.3, 0.4) is 0 Å². The predicted octanol–water partition coefficient (Wildman–Crippen LogP) is 2.65. The van der Waals surface area contributed by atoms with Crippen LogP contribution in [-0.4, -0.2) is 75.5 Å². The molecule has 0 aromatic rings. The monoisotopic (exact) mass is 427 g/mol. The molecule has 1 aliphatic heterocycles. The molecule has 8 heteroatoms. The van der Waals surface area contributed by atoms with Gasteiger partial charge in [0.15, 0.2) is 0 Å². The van der Waals surface area contributed by atoms with Crippen molar-refractivity contribution in [3.05, 3.63) is 12.2 Å². The topological polar surface area (TPSA) is 91.4 Å². The lowest BCUT2D eigenvalue weighted by Crippen LogP contribution is -2.33. The van der Waals surface area contributed by atoms with E-state index in [9.17, 15) is 14.4 Å². The summed E-state index contributed by atoms with van der Waals surface area (Å²) in [5.41, 5.74) is 0. The van der Waals surface area contributed by atoms with E-state index < -0.39 is 0 Å². The Bertz CT molecular complexity index is 504. The molecular weight excluding hydrogens is 390 g/mol. The van der Waals surface area contributed by atoms with Crippen LogP contribution in [0, 0.1) is 0 Å². The van der Waals surface area contributed by atoms with Crippen LogP contribution >= 0.6 is 0 Å². The molecule has 0 radical (unpaired) electrons. The number of nitrogens with zero attached hydrogens (tertiary/aromatic N) is 1. The smallest absolute Gasteiger partial charge is 0.305 e. The fourth-order valence-electron chi connectivity index (χ4n) is 2.86. The van der Waals surface area contributed by atoms with Crippen LogP contribution in [0.4, 0.5) is 0 Å². The zero-order valence-electron chi connectivity index (χ0n) is 18.3. The van der Waals surface area contributed by atoms with Gasteiger partial charge in [-0.3, -0.25) is 19.3 Å². The van der Waals surface area contributed by atoms with E-state index in [-0.39, 0.29) is 37.5 Å². The molecule has 0 aromatic carbocycles. The molecule has 172 valence electrons. The third-order valence-corrected chi connectivity index (χ3v) is 4.58. The molecule has 0 atom stereocenters. The van der Waals surface area contributed by atoms with Crippen LogP contribution < -0.4 is 0 Å². The van der Waals surface area contributed by atoms with Crippen molar-refractivity contribution < 1.29 is 33.3 Å². The molecule has 0 bridgehead atoms. The molecule has 1 rings (SSSR count). The third-order valence-electron chi connectivity index (χ3n) is 4.58. The number of carbonyl (C=O) groups is 3. The Hall–Kier alpha value is -1.77. The maximum Gasteiger partial charge on any atom is 0.305 e. The summed E-state index contributed by atoms with van der Waals surface area (Å²) in [6.45, 7) is 4.96. The van der Waals surface area contributed by atoms with Gasteiger partial charge in [0.25, 0.3) is 11.8 Å². The Morgan fingerprint density at radius 2 is 1.23 bits per heavy atom. The van der Waals surface area contributed by atoms with E-state index in [1.54, 1.807) is 0 Å². The Balaban J connectivity index is 1.76. The van der Waals surface area contributed by atoms with Crippen molar-refractivity contribution in [1.29, 1.82) is 0 Å². The van der Waals surface area contributed by atoms with E-state index in [1.807, 2.05) is 0 Å². The van der Waals surface area contributed by atoms with Crippen molar-refractivity contribution in [2.75, 3.05) is 52.8 Å². The van der Waals surface area contributed by atoms with Crippen molar-refractivity contribution in [3.63, 3.8) is 0 Å². The summed E-state index contributed by atoms with van der Waals surface area (Å²) in [5.74, 6) is -0.769. The van der Waals surface area contributed by atoms with Crippen LogP contribution in [0.1, 0.15) is 58.3 Å². The largest absolute Gasteiger partial charge is 0.463 e. The lowest BCUT2D eigenvalue weighted by Gasteiger charge is -2.13. The fraction of sp³-hybridized carbons (Fsp3) is 0.773. The van der Waals surface area contributed by atoms with Gasteiger partial charge in [0, 0.05) is 18.6 Å². The van der Waals surface area contributed by atoms with Crippen molar-refractivity contribution in [2.45, 2.75) is 58.3 Å². The highest BCUT2D eigenvalue weighted by atomic mass is 16.6. The van der Waals surface area contributed by atoms with Crippen molar-refractivity contribution in [1.82, 2.24) is 4.90 Å². The zero-order chi connectivity index (χ0) is 21.9. The first-order chi connectivity index (χ1) is 14.6. The summed E-state index contributed by atoms with van der Waals surface area (Å²) in [6.07, 6.45) is 11.2. The minimum absolute atomic E-state index is 0.159. The molecule has 2 amide bonds. The van der Waals surface area contributed by atoms with E-state index in [1.165, 1.54) is 44.3 Å². The fourth-order valence-corrected chi connectivity index (χ4v) is 2.86. The molecule has 0 aromatic heterocycles. The van der Waals surface area contributed by atoms with E-state index in [0.717, 1.165) is 17.7 Å². The minimum atomic E-state index is -0.305. The van der Waals surface area contributed by atoms with Crippen molar-refractivity contribution in [2.24, 2.45) is 0 Å². The normalized spacial score (nSPS) is 13.4. The average Bonchev–Trinajstić information content (AvgIpc) is 3.05. The number of esters is 1. The number of rotatable bonds is 20. The maximum atomic E-state index is 11.6. The van der Waals surface area contributed by atoms with Gasteiger partial charge < -0.3 is 18.9 Å². The molecule has 0 fully saturated rings. The number of hydrogen-bond acceptors (Lipinski definition) is 7. The summed E-state index contributed by atoms with van der Waals surface area (Å²) >= 11 is 0. The van der Waals surface area contributed by atoms with Crippen molar-refractivity contribution >= 4 is 17.8 Å². The van der Waals surface area contributed by atoms with Gasteiger partial charge in [-0.2, -0.15) is 0 Å².